The molecule has 5 heteroatoms. The van der Waals surface area contributed by atoms with Gasteiger partial charge in [0.25, 0.3) is 0 Å². The molecule has 2 rings (SSSR count). The molecule has 0 aromatic carbocycles. The fourth-order valence-electron chi connectivity index (χ4n) is 1.11. The lowest BCUT2D eigenvalue weighted by Crippen LogP contribution is -1.94. The van der Waals surface area contributed by atoms with E-state index in [0.29, 0.717) is 9.90 Å². The molecule has 0 atom stereocenters. The van der Waals surface area contributed by atoms with Crippen molar-refractivity contribution in [3.8, 4) is 10.4 Å². The molecule has 0 fully saturated rings. The Hall–Kier alpha value is -0.840. The monoisotopic (exact) mass is 244 g/mol. The first-order valence-corrected chi connectivity index (χ1v) is 5.87. The van der Waals surface area contributed by atoms with E-state index in [1.807, 2.05) is 11.4 Å². The minimum atomic E-state index is -0.897. The van der Waals surface area contributed by atoms with E-state index in [9.17, 15) is 4.79 Å². The van der Waals surface area contributed by atoms with Crippen molar-refractivity contribution in [2.45, 2.75) is 0 Å². The minimum absolute atomic E-state index is 0.341. The van der Waals surface area contributed by atoms with Crippen molar-refractivity contribution >= 4 is 40.2 Å². The van der Waals surface area contributed by atoms with Gasteiger partial charge in [-0.15, -0.1) is 11.3 Å². The SMILES string of the molecule is O=C(O)c1cscc1-c1ccc(Cl)s1. The van der Waals surface area contributed by atoms with Gasteiger partial charge in [0.05, 0.1) is 9.90 Å². The van der Waals surface area contributed by atoms with E-state index >= 15 is 0 Å². The highest BCUT2D eigenvalue weighted by molar-refractivity contribution is 7.19. The Morgan fingerprint density at radius 2 is 2.14 bits per heavy atom. The summed E-state index contributed by atoms with van der Waals surface area (Å²) in [4.78, 5) is 11.7. The van der Waals surface area contributed by atoms with Crippen molar-refractivity contribution in [2.24, 2.45) is 0 Å². The maximum Gasteiger partial charge on any atom is 0.337 e. The van der Waals surface area contributed by atoms with Gasteiger partial charge in [-0.1, -0.05) is 11.6 Å². The molecule has 2 aromatic rings. The van der Waals surface area contributed by atoms with Crippen LogP contribution >= 0.6 is 34.3 Å². The van der Waals surface area contributed by atoms with Crippen LogP contribution < -0.4 is 0 Å². The number of aromatic carboxylic acids is 1. The summed E-state index contributed by atoms with van der Waals surface area (Å²) in [6.45, 7) is 0. The molecule has 0 aliphatic heterocycles. The van der Waals surface area contributed by atoms with E-state index in [1.54, 1.807) is 11.4 Å². The number of carboxylic acid groups (broad SMARTS) is 1. The molecule has 2 nitrogen and oxygen atoms in total. The summed E-state index contributed by atoms with van der Waals surface area (Å²) in [6, 6.07) is 3.60. The van der Waals surface area contributed by atoms with Crippen molar-refractivity contribution in [1.82, 2.24) is 0 Å². The number of thiophene rings is 2. The smallest absolute Gasteiger partial charge is 0.337 e. The molecule has 1 N–H and O–H groups in total. The van der Waals surface area contributed by atoms with E-state index < -0.39 is 5.97 Å². The van der Waals surface area contributed by atoms with Gasteiger partial charge in [0.15, 0.2) is 0 Å². The van der Waals surface area contributed by atoms with Gasteiger partial charge in [0.1, 0.15) is 0 Å². The lowest BCUT2D eigenvalue weighted by atomic mass is 10.2. The summed E-state index contributed by atoms with van der Waals surface area (Å²) in [6.07, 6.45) is 0. The van der Waals surface area contributed by atoms with Crippen LogP contribution in [0.3, 0.4) is 0 Å². The number of carboxylic acids is 1. The first-order valence-electron chi connectivity index (χ1n) is 3.73. The van der Waals surface area contributed by atoms with E-state index in [-0.39, 0.29) is 0 Å². The third kappa shape index (κ3) is 1.68. The summed E-state index contributed by atoms with van der Waals surface area (Å²) in [5, 5.41) is 12.4. The van der Waals surface area contributed by atoms with Gasteiger partial charge in [-0.05, 0) is 12.1 Å². The van der Waals surface area contributed by atoms with Gasteiger partial charge in [-0.25, -0.2) is 4.79 Å². The number of halogens is 1. The molecule has 0 spiro atoms. The predicted molar refractivity (Wildman–Crippen MR) is 59.6 cm³/mol. The highest BCUT2D eigenvalue weighted by Crippen LogP contribution is 2.34. The molecule has 0 radical (unpaired) electrons. The van der Waals surface area contributed by atoms with Crippen LogP contribution in [0, 0.1) is 0 Å². The molecule has 0 amide bonds. The van der Waals surface area contributed by atoms with E-state index in [2.05, 4.69) is 0 Å². The third-order valence-corrected chi connectivity index (χ3v) is 3.74. The van der Waals surface area contributed by atoms with Crippen LogP contribution in [-0.2, 0) is 0 Å². The summed E-state index contributed by atoms with van der Waals surface area (Å²) < 4.78 is 0.669. The molecule has 0 unspecified atom stereocenters. The maximum absolute atomic E-state index is 10.8. The van der Waals surface area contributed by atoms with Crippen LogP contribution in [0.5, 0.6) is 0 Å². The van der Waals surface area contributed by atoms with Gasteiger partial charge in [-0.2, -0.15) is 11.3 Å². The fraction of sp³-hybridized carbons (Fsp3) is 0. The first-order chi connectivity index (χ1) is 6.68. The molecular weight excluding hydrogens is 240 g/mol. The third-order valence-electron chi connectivity index (χ3n) is 1.73. The minimum Gasteiger partial charge on any atom is -0.478 e. The fourth-order valence-corrected chi connectivity index (χ4v) is 3.08. The van der Waals surface area contributed by atoms with E-state index in [4.69, 9.17) is 16.7 Å². The average molecular weight is 245 g/mol. The highest BCUT2D eigenvalue weighted by atomic mass is 35.5. The van der Waals surface area contributed by atoms with Crippen LogP contribution in [0.2, 0.25) is 4.34 Å². The molecule has 2 heterocycles. The molecule has 2 aromatic heterocycles. The van der Waals surface area contributed by atoms with Crippen molar-refractivity contribution < 1.29 is 9.90 Å². The molecule has 72 valence electrons. The zero-order valence-corrected chi connectivity index (χ0v) is 9.25. The Morgan fingerprint density at radius 1 is 1.36 bits per heavy atom. The Kier molecular flexibility index (Phi) is 2.58. The summed E-state index contributed by atoms with van der Waals surface area (Å²) >= 11 is 8.55. The molecule has 0 aliphatic carbocycles. The Morgan fingerprint density at radius 3 is 2.71 bits per heavy atom. The van der Waals surface area contributed by atoms with Crippen LogP contribution in [0.4, 0.5) is 0 Å². The van der Waals surface area contributed by atoms with Crippen molar-refractivity contribution in [1.29, 1.82) is 0 Å². The number of carbonyl (C=O) groups is 1. The second-order valence-corrected chi connectivity index (χ2v) is 5.07. The zero-order chi connectivity index (χ0) is 10.1. The van der Waals surface area contributed by atoms with E-state index in [0.717, 1.165) is 10.4 Å². The summed E-state index contributed by atoms with van der Waals surface area (Å²) in [5.41, 5.74) is 1.09. The topological polar surface area (TPSA) is 37.3 Å². The zero-order valence-electron chi connectivity index (χ0n) is 6.86. The Bertz CT molecular complexity index is 473. The number of rotatable bonds is 2. The van der Waals surface area contributed by atoms with Crippen molar-refractivity contribution in [3.63, 3.8) is 0 Å². The highest BCUT2D eigenvalue weighted by Gasteiger charge is 2.13. The molecule has 0 aliphatic rings. The van der Waals surface area contributed by atoms with Gasteiger partial charge in [-0.3, -0.25) is 0 Å². The second kappa shape index (κ2) is 3.73. The van der Waals surface area contributed by atoms with Gasteiger partial charge in [0, 0.05) is 21.2 Å². The van der Waals surface area contributed by atoms with Crippen molar-refractivity contribution in [3.05, 3.63) is 32.8 Å². The van der Waals surface area contributed by atoms with Gasteiger partial charge in [0.2, 0.25) is 0 Å². The molecule has 14 heavy (non-hydrogen) atoms. The number of hydrogen-bond donors (Lipinski definition) is 1. The predicted octanol–water partition coefficient (Wildman–Crippen LogP) is 3.83. The quantitative estimate of drug-likeness (QED) is 0.872. The Balaban J connectivity index is 2.51. The molecule has 0 saturated heterocycles. The lowest BCUT2D eigenvalue weighted by Gasteiger charge is -1.94. The maximum atomic E-state index is 10.8. The molecular formula is C9H5ClO2S2. The first kappa shape index (κ1) is 9.71. The van der Waals surface area contributed by atoms with Crippen LogP contribution in [0.1, 0.15) is 10.4 Å². The van der Waals surface area contributed by atoms with Crippen LogP contribution in [0.25, 0.3) is 10.4 Å². The Labute approximate surface area is 93.4 Å². The molecule has 0 saturated carbocycles. The van der Waals surface area contributed by atoms with Crippen molar-refractivity contribution in [2.75, 3.05) is 0 Å². The lowest BCUT2D eigenvalue weighted by molar-refractivity contribution is 0.0698. The van der Waals surface area contributed by atoms with Gasteiger partial charge >= 0.3 is 5.97 Å². The standard InChI is InChI=1S/C9H5ClO2S2/c10-8-2-1-7(14-8)5-3-13-4-6(5)9(11)12/h1-4H,(H,11,12). The second-order valence-electron chi connectivity index (χ2n) is 2.61. The average Bonchev–Trinajstić information content (AvgIpc) is 2.70. The van der Waals surface area contributed by atoms with E-state index in [1.165, 1.54) is 22.7 Å². The van der Waals surface area contributed by atoms with Crippen LogP contribution in [0.15, 0.2) is 22.9 Å². The summed E-state index contributed by atoms with van der Waals surface area (Å²) in [5.74, 6) is -0.897. The number of hydrogen-bond acceptors (Lipinski definition) is 3. The molecule has 0 bridgehead atoms. The van der Waals surface area contributed by atoms with Gasteiger partial charge < -0.3 is 5.11 Å². The normalized spacial score (nSPS) is 10.4. The summed E-state index contributed by atoms with van der Waals surface area (Å²) in [7, 11) is 0. The van der Waals surface area contributed by atoms with Crippen LogP contribution in [-0.4, -0.2) is 11.1 Å². The largest absolute Gasteiger partial charge is 0.478 e.